The van der Waals surface area contributed by atoms with E-state index in [0.717, 1.165) is 5.56 Å². The summed E-state index contributed by atoms with van der Waals surface area (Å²) >= 11 is 0. The molecule has 1 amide bonds. The van der Waals surface area contributed by atoms with Crippen LogP contribution in [-0.4, -0.2) is 31.0 Å². The fourth-order valence-electron chi connectivity index (χ4n) is 2.60. The molecule has 9 heteroatoms. The van der Waals surface area contributed by atoms with Gasteiger partial charge in [0.1, 0.15) is 0 Å². The Balaban J connectivity index is 1.80. The average molecular weight is 366 g/mol. The van der Waals surface area contributed by atoms with E-state index in [4.69, 9.17) is 0 Å². The standard InChI is InChI=1S/C18H18N6O3/c1-12(2)16(18(25)19-14-8-10-15(11-9-14)24(26)27)23-21-17(20-22-23)13-6-4-3-5-7-13/h3-12,16H,1-2H3,(H,19,25). The third kappa shape index (κ3) is 4.14. The molecule has 0 saturated carbocycles. The van der Waals surface area contributed by atoms with Crippen molar-refractivity contribution < 1.29 is 9.72 Å². The van der Waals surface area contributed by atoms with E-state index in [1.165, 1.54) is 29.1 Å². The third-order valence-corrected chi connectivity index (χ3v) is 3.95. The Morgan fingerprint density at radius 3 is 2.37 bits per heavy atom. The SMILES string of the molecule is CC(C)C(C(=O)Nc1ccc([N+](=O)[O-])cc1)n1nnc(-c2ccccc2)n1. The highest BCUT2D eigenvalue weighted by molar-refractivity contribution is 5.93. The fraction of sp³-hybridized carbons (Fsp3) is 0.222. The monoisotopic (exact) mass is 366 g/mol. The summed E-state index contributed by atoms with van der Waals surface area (Å²) in [4.78, 5) is 24.3. The van der Waals surface area contributed by atoms with E-state index in [1.54, 1.807) is 0 Å². The number of nitrogens with one attached hydrogen (secondary N) is 1. The average Bonchev–Trinajstić information content (AvgIpc) is 3.12. The van der Waals surface area contributed by atoms with E-state index in [9.17, 15) is 14.9 Å². The van der Waals surface area contributed by atoms with E-state index in [2.05, 4.69) is 20.7 Å². The summed E-state index contributed by atoms with van der Waals surface area (Å²) in [5, 5.41) is 25.9. The van der Waals surface area contributed by atoms with Crippen LogP contribution in [0.3, 0.4) is 0 Å². The lowest BCUT2D eigenvalue weighted by Crippen LogP contribution is -2.31. The van der Waals surface area contributed by atoms with Gasteiger partial charge in [0.15, 0.2) is 6.04 Å². The number of benzene rings is 2. The van der Waals surface area contributed by atoms with E-state index in [-0.39, 0.29) is 17.5 Å². The van der Waals surface area contributed by atoms with Gasteiger partial charge in [0.2, 0.25) is 5.82 Å². The maximum atomic E-state index is 12.7. The zero-order chi connectivity index (χ0) is 19.4. The van der Waals surface area contributed by atoms with E-state index in [0.29, 0.717) is 11.5 Å². The van der Waals surface area contributed by atoms with Gasteiger partial charge < -0.3 is 5.32 Å². The minimum atomic E-state index is -0.676. The second-order valence-corrected chi connectivity index (χ2v) is 6.28. The molecule has 2 aromatic carbocycles. The highest BCUT2D eigenvalue weighted by Crippen LogP contribution is 2.22. The molecule has 0 spiro atoms. The number of hydrogen-bond acceptors (Lipinski definition) is 6. The van der Waals surface area contributed by atoms with Crippen LogP contribution in [0, 0.1) is 16.0 Å². The molecule has 27 heavy (non-hydrogen) atoms. The predicted molar refractivity (Wildman–Crippen MR) is 98.9 cm³/mol. The summed E-state index contributed by atoms with van der Waals surface area (Å²) in [7, 11) is 0. The Hall–Kier alpha value is -3.62. The van der Waals surface area contributed by atoms with Crippen molar-refractivity contribution in [1.29, 1.82) is 0 Å². The van der Waals surface area contributed by atoms with Crippen molar-refractivity contribution in [3.05, 3.63) is 64.7 Å². The molecule has 0 aliphatic heterocycles. The number of anilines is 1. The van der Waals surface area contributed by atoms with E-state index in [1.807, 2.05) is 44.2 Å². The van der Waals surface area contributed by atoms with E-state index >= 15 is 0 Å². The third-order valence-electron chi connectivity index (χ3n) is 3.95. The molecule has 1 unspecified atom stereocenters. The number of nitrogens with zero attached hydrogens (tertiary/aromatic N) is 5. The summed E-state index contributed by atoms with van der Waals surface area (Å²) in [6, 6.07) is 14.3. The van der Waals surface area contributed by atoms with Crippen molar-refractivity contribution >= 4 is 17.3 Å². The molecule has 1 heterocycles. The van der Waals surface area contributed by atoms with Crippen LogP contribution in [-0.2, 0) is 4.79 Å². The van der Waals surface area contributed by atoms with Gasteiger partial charge >= 0.3 is 0 Å². The topological polar surface area (TPSA) is 116 Å². The van der Waals surface area contributed by atoms with Crippen LogP contribution in [0.5, 0.6) is 0 Å². The predicted octanol–water partition coefficient (Wildman–Crippen LogP) is 3.08. The minimum absolute atomic E-state index is 0.0427. The maximum absolute atomic E-state index is 12.7. The first kappa shape index (κ1) is 18.2. The normalized spacial score (nSPS) is 12.0. The van der Waals surface area contributed by atoms with E-state index < -0.39 is 11.0 Å². The van der Waals surface area contributed by atoms with Crippen molar-refractivity contribution in [3.8, 4) is 11.4 Å². The Morgan fingerprint density at radius 1 is 1.11 bits per heavy atom. The van der Waals surface area contributed by atoms with Gasteiger partial charge in [-0.1, -0.05) is 44.2 Å². The zero-order valence-electron chi connectivity index (χ0n) is 14.8. The number of nitro benzene ring substituents is 1. The minimum Gasteiger partial charge on any atom is -0.324 e. The summed E-state index contributed by atoms with van der Waals surface area (Å²) in [5.41, 5.74) is 1.22. The molecule has 0 radical (unpaired) electrons. The second-order valence-electron chi connectivity index (χ2n) is 6.28. The summed E-state index contributed by atoms with van der Waals surface area (Å²) in [6.45, 7) is 3.76. The first-order valence-electron chi connectivity index (χ1n) is 8.36. The van der Waals surface area contributed by atoms with Crippen LogP contribution in [0.4, 0.5) is 11.4 Å². The van der Waals surface area contributed by atoms with Gasteiger partial charge in [0, 0.05) is 23.4 Å². The first-order chi connectivity index (χ1) is 13.0. The van der Waals surface area contributed by atoms with Gasteiger partial charge in [0.25, 0.3) is 11.6 Å². The number of tetrazole rings is 1. The van der Waals surface area contributed by atoms with Crippen LogP contribution in [0.1, 0.15) is 19.9 Å². The number of hydrogen-bond donors (Lipinski definition) is 1. The molecule has 0 saturated heterocycles. The Labute approximate surface area is 155 Å². The first-order valence-corrected chi connectivity index (χ1v) is 8.36. The molecule has 0 fully saturated rings. The summed E-state index contributed by atoms with van der Waals surface area (Å²) < 4.78 is 0. The molecular formula is C18H18N6O3. The van der Waals surface area contributed by atoms with Gasteiger partial charge in [-0.05, 0) is 23.3 Å². The smallest absolute Gasteiger partial charge is 0.269 e. The van der Waals surface area contributed by atoms with Crippen molar-refractivity contribution in [2.75, 3.05) is 5.32 Å². The Bertz CT molecular complexity index is 937. The number of carbonyl (C=O) groups excluding carboxylic acids is 1. The highest BCUT2D eigenvalue weighted by atomic mass is 16.6. The number of rotatable bonds is 6. The van der Waals surface area contributed by atoms with Gasteiger partial charge in [0.05, 0.1) is 4.92 Å². The molecule has 3 aromatic rings. The van der Waals surface area contributed by atoms with Gasteiger partial charge in [-0.3, -0.25) is 14.9 Å². The lowest BCUT2D eigenvalue weighted by atomic mass is 10.0. The number of carbonyl (C=O) groups is 1. The molecule has 3 rings (SSSR count). The van der Waals surface area contributed by atoms with Crippen LogP contribution >= 0.6 is 0 Å². The molecule has 9 nitrogen and oxygen atoms in total. The van der Waals surface area contributed by atoms with Crippen molar-refractivity contribution in [3.63, 3.8) is 0 Å². The Kier molecular flexibility index (Phi) is 5.20. The fourth-order valence-corrected chi connectivity index (χ4v) is 2.60. The largest absolute Gasteiger partial charge is 0.324 e. The molecule has 138 valence electrons. The van der Waals surface area contributed by atoms with Crippen LogP contribution in [0.2, 0.25) is 0 Å². The lowest BCUT2D eigenvalue weighted by molar-refractivity contribution is -0.384. The number of nitro groups is 1. The van der Waals surface area contributed by atoms with Crippen molar-refractivity contribution in [2.45, 2.75) is 19.9 Å². The molecule has 1 atom stereocenters. The number of amides is 1. The molecule has 0 aliphatic carbocycles. The number of aromatic nitrogens is 4. The maximum Gasteiger partial charge on any atom is 0.269 e. The molecule has 0 bridgehead atoms. The van der Waals surface area contributed by atoms with Crippen LogP contribution < -0.4 is 5.32 Å². The second kappa shape index (κ2) is 7.73. The van der Waals surface area contributed by atoms with Gasteiger partial charge in [-0.15, -0.1) is 10.2 Å². The molecular weight excluding hydrogens is 348 g/mol. The van der Waals surface area contributed by atoms with Crippen LogP contribution in [0.25, 0.3) is 11.4 Å². The van der Waals surface area contributed by atoms with Crippen LogP contribution in [0.15, 0.2) is 54.6 Å². The molecule has 1 aromatic heterocycles. The lowest BCUT2D eigenvalue weighted by Gasteiger charge is -2.18. The molecule has 0 aliphatic rings. The van der Waals surface area contributed by atoms with Crippen molar-refractivity contribution in [2.24, 2.45) is 5.92 Å². The molecule has 1 N–H and O–H groups in total. The summed E-state index contributed by atoms with van der Waals surface area (Å²) in [5.74, 6) is 0.0149. The highest BCUT2D eigenvalue weighted by Gasteiger charge is 2.27. The van der Waals surface area contributed by atoms with Gasteiger partial charge in [-0.25, -0.2) is 0 Å². The number of non-ortho nitro benzene ring substituents is 1. The Morgan fingerprint density at radius 2 is 1.78 bits per heavy atom. The zero-order valence-corrected chi connectivity index (χ0v) is 14.8. The van der Waals surface area contributed by atoms with Gasteiger partial charge in [-0.2, -0.15) is 4.80 Å². The van der Waals surface area contributed by atoms with Crippen molar-refractivity contribution in [1.82, 2.24) is 20.2 Å². The summed E-state index contributed by atoms with van der Waals surface area (Å²) in [6.07, 6.45) is 0. The quantitative estimate of drug-likeness (QED) is 0.529.